The molecule has 0 bridgehead atoms. The molecule has 3 amide bonds. The first kappa shape index (κ1) is 22.5. The third kappa shape index (κ3) is 8.09. The van der Waals surface area contributed by atoms with E-state index < -0.39 is 23.5 Å². The Morgan fingerprint density at radius 1 is 1.10 bits per heavy atom. The minimum Gasteiger partial charge on any atom is -0.484 e. The molecule has 0 atom stereocenters. The summed E-state index contributed by atoms with van der Waals surface area (Å²) >= 11 is 0. The number of anilines is 1. The second-order valence-corrected chi connectivity index (χ2v) is 6.72. The molecule has 0 aliphatic carbocycles. The van der Waals surface area contributed by atoms with Crippen LogP contribution in [0.2, 0.25) is 0 Å². The largest absolute Gasteiger partial charge is 0.484 e. The van der Waals surface area contributed by atoms with Crippen LogP contribution in [0.4, 0.5) is 10.1 Å². The van der Waals surface area contributed by atoms with Gasteiger partial charge in [0.05, 0.1) is 6.21 Å². The normalized spacial score (nSPS) is 10.7. The summed E-state index contributed by atoms with van der Waals surface area (Å²) in [4.78, 5) is 35.1. The van der Waals surface area contributed by atoms with Gasteiger partial charge in [0.15, 0.2) is 6.61 Å². The molecule has 0 radical (unpaired) electrons. The molecule has 158 valence electrons. The molecular formula is C21H23FN4O4. The van der Waals surface area contributed by atoms with E-state index in [2.05, 4.69) is 21.2 Å². The van der Waals surface area contributed by atoms with Gasteiger partial charge in [-0.05, 0) is 47.9 Å². The molecule has 3 N–H and O–H groups in total. The average Bonchev–Trinajstić information content (AvgIpc) is 2.72. The Balaban J connectivity index is 1.81. The summed E-state index contributed by atoms with van der Waals surface area (Å²) in [5.74, 6) is -1.78. The first-order valence-electron chi connectivity index (χ1n) is 9.23. The van der Waals surface area contributed by atoms with Gasteiger partial charge in [0.1, 0.15) is 11.6 Å². The van der Waals surface area contributed by atoms with Gasteiger partial charge in [0.25, 0.3) is 5.91 Å². The molecule has 30 heavy (non-hydrogen) atoms. The molecule has 2 rings (SSSR count). The van der Waals surface area contributed by atoms with Crippen LogP contribution in [0.5, 0.6) is 5.75 Å². The molecule has 0 fully saturated rings. The summed E-state index contributed by atoms with van der Waals surface area (Å²) in [6, 6.07) is 12.0. The van der Waals surface area contributed by atoms with Crippen molar-refractivity contribution in [2.24, 2.45) is 11.0 Å². The standard InChI is InChI=1S/C21H23FN4O4/c1-14(2)11-23-20(28)21(29)26-24-12-15-4-3-5-18(10-15)30-13-19(27)25-17-8-6-16(22)7-9-17/h3-10,12,14H,11,13H2,1-2H3,(H,23,28)(H,25,27)(H,26,29). The number of hydrogen-bond acceptors (Lipinski definition) is 5. The van der Waals surface area contributed by atoms with Crippen molar-refractivity contribution in [2.75, 3.05) is 18.5 Å². The summed E-state index contributed by atoms with van der Waals surface area (Å²) < 4.78 is 18.3. The molecule has 0 saturated heterocycles. The predicted molar refractivity (Wildman–Crippen MR) is 111 cm³/mol. The Bertz CT molecular complexity index is 913. The summed E-state index contributed by atoms with van der Waals surface area (Å²) in [5.41, 5.74) is 3.19. The van der Waals surface area contributed by atoms with E-state index >= 15 is 0 Å². The Labute approximate surface area is 173 Å². The van der Waals surface area contributed by atoms with Crippen LogP contribution >= 0.6 is 0 Å². The van der Waals surface area contributed by atoms with Gasteiger partial charge in [-0.1, -0.05) is 26.0 Å². The summed E-state index contributed by atoms with van der Waals surface area (Å²) in [6.45, 7) is 3.98. The highest BCUT2D eigenvalue weighted by atomic mass is 19.1. The molecule has 0 unspecified atom stereocenters. The van der Waals surface area contributed by atoms with Crippen LogP contribution in [0.15, 0.2) is 53.6 Å². The van der Waals surface area contributed by atoms with Gasteiger partial charge in [0, 0.05) is 12.2 Å². The van der Waals surface area contributed by atoms with Crippen molar-refractivity contribution in [1.82, 2.24) is 10.7 Å². The number of halogens is 1. The van der Waals surface area contributed by atoms with Crippen molar-refractivity contribution in [3.8, 4) is 5.75 Å². The van der Waals surface area contributed by atoms with Gasteiger partial charge in [-0.25, -0.2) is 9.82 Å². The lowest BCUT2D eigenvalue weighted by Gasteiger charge is -2.08. The Morgan fingerprint density at radius 2 is 1.83 bits per heavy atom. The summed E-state index contributed by atoms with van der Waals surface area (Å²) in [7, 11) is 0. The van der Waals surface area contributed by atoms with Gasteiger partial charge >= 0.3 is 11.8 Å². The van der Waals surface area contributed by atoms with Crippen molar-refractivity contribution in [3.05, 3.63) is 59.9 Å². The lowest BCUT2D eigenvalue weighted by Crippen LogP contribution is -2.39. The molecule has 0 aliphatic rings. The second-order valence-electron chi connectivity index (χ2n) is 6.72. The highest BCUT2D eigenvalue weighted by Gasteiger charge is 2.12. The molecule has 0 heterocycles. The zero-order valence-electron chi connectivity index (χ0n) is 16.6. The second kappa shape index (κ2) is 11.3. The first-order chi connectivity index (χ1) is 14.3. The number of ether oxygens (including phenoxy) is 1. The number of rotatable bonds is 8. The number of benzene rings is 2. The molecule has 8 nitrogen and oxygen atoms in total. The van der Waals surface area contributed by atoms with Gasteiger partial charge in [-0.2, -0.15) is 5.10 Å². The Hall–Kier alpha value is -3.75. The fourth-order valence-electron chi connectivity index (χ4n) is 2.16. The van der Waals surface area contributed by atoms with Crippen LogP contribution in [0.1, 0.15) is 19.4 Å². The summed E-state index contributed by atoms with van der Waals surface area (Å²) in [5, 5.41) is 8.81. The highest BCUT2D eigenvalue weighted by molar-refractivity contribution is 6.35. The zero-order chi connectivity index (χ0) is 21.9. The maximum Gasteiger partial charge on any atom is 0.329 e. The van der Waals surface area contributed by atoms with Gasteiger partial charge in [-0.3, -0.25) is 14.4 Å². The smallest absolute Gasteiger partial charge is 0.329 e. The fourth-order valence-corrected chi connectivity index (χ4v) is 2.16. The van der Waals surface area contributed by atoms with Crippen LogP contribution < -0.4 is 20.8 Å². The van der Waals surface area contributed by atoms with Crippen LogP contribution in [-0.4, -0.2) is 37.1 Å². The van der Waals surface area contributed by atoms with Crippen molar-refractivity contribution in [1.29, 1.82) is 0 Å². The molecule has 0 saturated carbocycles. The third-order valence-corrected chi connectivity index (χ3v) is 3.61. The van der Waals surface area contributed by atoms with Gasteiger partial charge in [-0.15, -0.1) is 0 Å². The van der Waals surface area contributed by atoms with Gasteiger partial charge in [0.2, 0.25) is 0 Å². The highest BCUT2D eigenvalue weighted by Crippen LogP contribution is 2.13. The number of carbonyl (C=O) groups is 3. The maximum absolute atomic E-state index is 12.9. The fraction of sp³-hybridized carbons (Fsp3) is 0.238. The maximum atomic E-state index is 12.9. The molecule has 2 aromatic carbocycles. The van der Waals surface area contributed by atoms with E-state index in [1.807, 2.05) is 13.8 Å². The first-order valence-corrected chi connectivity index (χ1v) is 9.23. The molecule has 0 aliphatic heterocycles. The number of nitrogens with one attached hydrogen (secondary N) is 3. The molecule has 0 aromatic heterocycles. The van der Waals surface area contributed by atoms with Crippen molar-refractivity contribution in [2.45, 2.75) is 13.8 Å². The number of carbonyl (C=O) groups excluding carboxylic acids is 3. The van der Waals surface area contributed by atoms with Crippen LogP contribution in [0.3, 0.4) is 0 Å². The zero-order valence-corrected chi connectivity index (χ0v) is 16.6. The van der Waals surface area contributed by atoms with E-state index in [1.54, 1.807) is 24.3 Å². The Kier molecular flexibility index (Phi) is 8.49. The van der Waals surface area contributed by atoms with Crippen LogP contribution in [0, 0.1) is 11.7 Å². The van der Waals surface area contributed by atoms with E-state index in [0.29, 0.717) is 23.5 Å². The van der Waals surface area contributed by atoms with Crippen molar-refractivity contribution >= 4 is 29.6 Å². The van der Waals surface area contributed by atoms with E-state index in [4.69, 9.17) is 4.74 Å². The number of amides is 3. The minimum absolute atomic E-state index is 0.228. The van der Waals surface area contributed by atoms with E-state index in [-0.39, 0.29) is 12.5 Å². The number of nitrogens with zero attached hydrogens (tertiary/aromatic N) is 1. The van der Waals surface area contributed by atoms with Crippen molar-refractivity contribution in [3.63, 3.8) is 0 Å². The van der Waals surface area contributed by atoms with E-state index in [9.17, 15) is 18.8 Å². The summed E-state index contributed by atoms with van der Waals surface area (Å²) in [6.07, 6.45) is 1.35. The lowest BCUT2D eigenvalue weighted by atomic mass is 10.2. The van der Waals surface area contributed by atoms with Gasteiger partial charge < -0.3 is 15.4 Å². The molecule has 2 aromatic rings. The predicted octanol–water partition coefficient (Wildman–Crippen LogP) is 2.07. The number of hydrogen-bond donors (Lipinski definition) is 3. The van der Waals surface area contributed by atoms with E-state index in [0.717, 1.165) is 0 Å². The third-order valence-electron chi connectivity index (χ3n) is 3.61. The Morgan fingerprint density at radius 3 is 2.53 bits per heavy atom. The quantitative estimate of drug-likeness (QED) is 0.349. The average molecular weight is 414 g/mol. The lowest BCUT2D eigenvalue weighted by molar-refractivity contribution is -0.139. The minimum atomic E-state index is -0.864. The van der Waals surface area contributed by atoms with E-state index in [1.165, 1.54) is 30.5 Å². The molecular weight excluding hydrogens is 391 g/mol. The molecule has 9 heteroatoms. The van der Waals surface area contributed by atoms with Crippen LogP contribution in [-0.2, 0) is 14.4 Å². The topological polar surface area (TPSA) is 109 Å². The number of hydrazone groups is 1. The SMILES string of the molecule is CC(C)CNC(=O)C(=O)NN=Cc1cccc(OCC(=O)Nc2ccc(F)cc2)c1. The molecule has 0 spiro atoms. The van der Waals surface area contributed by atoms with Crippen molar-refractivity contribution < 1.29 is 23.5 Å². The monoisotopic (exact) mass is 414 g/mol. The van der Waals surface area contributed by atoms with Crippen LogP contribution in [0.25, 0.3) is 0 Å².